The minimum Gasteiger partial charge on any atom is -0.319 e. The first-order valence-electron chi connectivity index (χ1n) is 7.95. The van der Waals surface area contributed by atoms with E-state index in [0.29, 0.717) is 18.9 Å². The van der Waals surface area contributed by atoms with Gasteiger partial charge in [-0.2, -0.15) is 0 Å². The van der Waals surface area contributed by atoms with E-state index in [9.17, 15) is 26.4 Å². The van der Waals surface area contributed by atoms with E-state index in [2.05, 4.69) is 5.32 Å². The number of amides is 1. The molecule has 0 spiro atoms. The van der Waals surface area contributed by atoms with Crippen LogP contribution < -0.4 is 9.62 Å². The summed E-state index contributed by atoms with van der Waals surface area (Å²) in [6.45, 7) is 0.227. The molecule has 3 rings (SSSR count). The smallest absolute Gasteiger partial charge is 0.255 e. The predicted molar refractivity (Wildman–Crippen MR) is 96.1 cm³/mol. The monoisotopic (exact) mass is 418 g/mol. The molecule has 0 aromatic heterocycles. The minimum atomic E-state index is -3.55. The highest BCUT2D eigenvalue weighted by Gasteiger charge is 2.28. The van der Waals surface area contributed by atoms with Crippen LogP contribution in [0.4, 0.5) is 24.5 Å². The van der Waals surface area contributed by atoms with Gasteiger partial charge in [-0.3, -0.25) is 9.10 Å². The molecule has 27 heavy (non-hydrogen) atoms. The standard InChI is InChI=1S/C17H14ClF3N2O3S/c18-11-4-3-10(9-14(11)23-7-1-2-8-27(23,25)26)17(24)22-13-6-5-12(19)15(20)16(13)21/h3-6,9H,1-2,7-8H2,(H,22,24). The van der Waals surface area contributed by atoms with Gasteiger partial charge in [-0.05, 0) is 43.2 Å². The molecule has 2 aromatic carbocycles. The highest BCUT2D eigenvalue weighted by molar-refractivity contribution is 7.92. The molecule has 0 bridgehead atoms. The maximum Gasteiger partial charge on any atom is 0.255 e. The molecule has 0 aliphatic carbocycles. The Morgan fingerprint density at radius 2 is 1.81 bits per heavy atom. The highest BCUT2D eigenvalue weighted by atomic mass is 35.5. The molecule has 1 amide bonds. The fraction of sp³-hybridized carbons (Fsp3) is 0.235. The van der Waals surface area contributed by atoms with Crippen LogP contribution in [0.1, 0.15) is 23.2 Å². The fourth-order valence-corrected chi connectivity index (χ4v) is 4.64. The van der Waals surface area contributed by atoms with E-state index in [1.807, 2.05) is 0 Å². The van der Waals surface area contributed by atoms with E-state index < -0.39 is 39.1 Å². The van der Waals surface area contributed by atoms with Gasteiger partial charge in [-0.1, -0.05) is 11.6 Å². The molecule has 2 aromatic rings. The van der Waals surface area contributed by atoms with Crippen molar-refractivity contribution in [3.05, 3.63) is 58.4 Å². The molecule has 1 N–H and O–H groups in total. The molecule has 10 heteroatoms. The van der Waals surface area contributed by atoms with Crippen molar-refractivity contribution in [2.75, 3.05) is 21.9 Å². The van der Waals surface area contributed by atoms with Gasteiger partial charge < -0.3 is 5.32 Å². The number of rotatable bonds is 3. The summed E-state index contributed by atoms with van der Waals surface area (Å²) in [6.07, 6.45) is 1.18. The van der Waals surface area contributed by atoms with E-state index >= 15 is 0 Å². The van der Waals surface area contributed by atoms with Gasteiger partial charge in [0.25, 0.3) is 5.91 Å². The number of sulfonamides is 1. The van der Waals surface area contributed by atoms with Gasteiger partial charge in [0.2, 0.25) is 10.0 Å². The van der Waals surface area contributed by atoms with E-state index in [1.54, 1.807) is 0 Å². The van der Waals surface area contributed by atoms with Crippen molar-refractivity contribution in [2.45, 2.75) is 12.8 Å². The normalized spacial score (nSPS) is 16.2. The molecule has 1 saturated heterocycles. The SMILES string of the molecule is O=C(Nc1ccc(F)c(F)c1F)c1ccc(Cl)c(N2CCCCS2(=O)=O)c1. The van der Waals surface area contributed by atoms with Crippen LogP contribution in [0.3, 0.4) is 0 Å². The second-order valence-electron chi connectivity index (χ2n) is 5.94. The number of anilines is 2. The van der Waals surface area contributed by atoms with Gasteiger partial charge in [0.05, 0.1) is 22.2 Å². The first-order chi connectivity index (χ1) is 12.7. The maximum absolute atomic E-state index is 13.7. The predicted octanol–water partition coefficient (Wildman–Crippen LogP) is 3.94. The van der Waals surface area contributed by atoms with Crippen LogP contribution in [0.2, 0.25) is 5.02 Å². The average Bonchev–Trinajstić information content (AvgIpc) is 2.62. The summed E-state index contributed by atoms with van der Waals surface area (Å²) < 4.78 is 65.7. The Hall–Kier alpha value is -2.26. The number of nitrogens with one attached hydrogen (secondary N) is 1. The fourth-order valence-electron chi connectivity index (χ4n) is 2.72. The number of carbonyl (C=O) groups excluding carboxylic acids is 1. The van der Waals surface area contributed by atoms with Crippen molar-refractivity contribution in [3.8, 4) is 0 Å². The third-order valence-corrected chi connectivity index (χ3v) is 6.28. The Bertz CT molecular complexity index is 1010. The lowest BCUT2D eigenvalue weighted by Gasteiger charge is -2.29. The number of nitrogens with zero attached hydrogens (tertiary/aromatic N) is 1. The Balaban J connectivity index is 1.92. The van der Waals surface area contributed by atoms with Crippen molar-refractivity contribution in [3.63, 3.8) is 0 Å². The van der Waals surface area contributed by atoms with Gasteiger partial charge in [0.1, 0.15) is 0 Å². The summed E-state index contributed by atoms with van der Waals surface area (Å²) in [5, 5.41) is 2.27. The molecule has 0 unspecified atom stereocenters. The lowest BCUT2D eigenvalue weighted by atomic mass is 10.1. The van der Waals surface area contributed by atoms with Gasteiger partial charge in [0, 0.05) is 12.1 Å². The molecule has 1 fully saturated rings. The van der Waals surface area contributed by atoms with Gasteiger partial charge >= 0.3 is 0 Å². The number of benzene rings is 2. The molecule has 144 valence electrons. The van der Waals surface area contributed by atoms with Gasteiger partial charge in [-0.15, -0.1) is 0 Å². The Kier molecular flexibility index (Phi) is 5.34. The van der Waals surface area contributed by atoms with Crippen molar-refractivity contribution >= 4 is 38.9 Å². The minimum absolute atomic E-state index is 0.0145. The Morgan fingerprint density at radius 3 is 2.52 bits per heavy atom. The third kappa shape index (κ3) is 3.89. The van der Waals surface area contributed by atoms with Crippen LogP contribution >= 0.6 is 11.6 Å². The van der Waals surface area contributed by atoms with Gasteiger partial charge in [-0.25, -0.2) is 21.6 Å². The Labute approximate surface area is 158 Å². The summed E-state index contributed by atoms with van der Waals surface area (Å²) in [7, 11) is -3.55. The van der Waals surface area contributed by atoms with E-state index in [-0.39, 0.29) is 28.6 Å². The third-order valence-electron chi connectivity index (χ3n) is 4.11. The number of carbonyl (C=O) groups is 1. The van der Waals surface area contributed by atoms with Gasteiger partial charge in [0.15, 0.2) is 17.5 Å². The van der Waals surface area contributed by atoms with E-state index in [1.165, 1.54) is 18.2 Å². The summed E-state index contributed by atoms with van der Waals surface area (Å²) in [6, 6.07) is 5.49. The van der Waals surface area contributed by atoms with E-state index in [0.717, 1.165) is 10.4 Å². The van der Waals surface area contributed by atoms with Crippen molar-refractivity contribution in [2.24, 2.45) is 0 Å². The van der Waals surface area contributed by atoms with Crippen molar-refractivity contribution in [1.82, 2.24) is 0 Å². The summed E-state index contributed by atoms with van der Waals surface area (Å²) in [5.41, 5.74) is -0.421. The second kappa shape index (κ2) is 7.40. The first-order valence-corrected chi connectivity index (χ1v) is 9.94. The topological polar surface area (TPSA) is 66.5 Å². The summed E-state index contributed by atoms with van der Waals surface area (Å²) >= 11 is 6.10. The van der Waals surface area contributed by atoms with Crippen LogP contribution in [-0.2, 0) is 10.0 Å². The van der Waals surface area contributed by atoms with Crippen LogP contribution in [-0.4, -0.2) is 26.6 Å². The maximum atomic E-state index is 13.7. The van der Waals surface area contributed by atoms with Crippen LogP contribution in [0, 0.1) is 17.5 Å². The summed E-state index contributed by atoms with van der Waals surface area (Å²) in [5.74, 6) is -5.47. The first kappa shape index (κ1) is 19.5. The Morgan fingerprint density at radius 1 is 1.07 bits per heavy atom. The molecule has 1 heterocycles. The van der Waals surface area contributed by atoms with Crippen LogP contribution in [0.15, 0.2) is 30.3 Å². The zero-order valence-corrected chi connectivity index (χ0v) is 15.4. The molecule has 1 aliphatic heterocycles. The largest absolute Gasteiger partial charge is 0.319 e. The lowest BCUT2D eigenvalue weighted by molar-refractivity contribution is 0.102. The van der Waals surface area contributed by atoms with Crippen molar-refractivity contribution in [1.29, 1.82) is 0 Å². The van der Waals surface area contributed by atoms with Crippen LogP contribution in [0.25, 0.3) is 0 Å². The molecule has 5 nitrogen and oxygen atoms in total. The lowest BCUT2D eigenvalue weighted by Crippen LogP contribution is -2.38. The highest BCUT2D eigenvalue weighted by Crippen LogP contribution is 2.32. The molecule has 0 radical (unpaired) electrons. The number of halogens is 4. The quantitative estimate of drug-likeness (QED) is 0.768. The number of hydrogen-bond donors (Lipinski definition) is 1. The van der Waals surface area contributed by atoms with Crippen LogP contribution in [0.5, 0.6) is 0 Å². The molecular formula is C17H14ClF3N2O3S. The molecule has 0 atom stereocenters. The molecule has 0 saturated carbocycles. The zero-order chi connectivity index (χ0) is 19.8. The van der Waals surface area contributed by atoms with Crippen molar-refractivity contribution < 1.29 is 26.4 Å². The second-order valence-corrected chi connectivity index (χ2v) is 8.36. The zero-order valence-electron chi connectivity index (χ0n) is 13.8. The molecule has 1 aliphatic rings. The molecular weight excluding hydrogens is 405 g/mol. The average molecular weight is 419 g/mol. The number of hydrogen-bond acceptors (Lipinski definition) is 3. The van der Waals surface area contributed by atoms with E-state index in [4.69, 9.17) is 11.6 Å². The summed E-state index contributed by atoms with van der Waals surface area (Å²) in [4.78, 5) is 12.4.